The average Bonchev–Trinajstić information content (AvgIpc) is 2.98. The lowest BCUT2D eigenvalue weighted by molar-refractivity contribution is 0.584. The smallest absolute Gasteiger partial charge is 0.0557 e. The van der Waals surface area contributed by atoms with Crippen LogP contribution in [0.5, 0.6) is 0 Å². The molecule has 0 aliphatic carbocycles. The second-order valence-electron chi connectivity index (χ2n) is 10.9. The van der Waals surface area contributed by atoms with Gasteiger partial charge in [-0.05, 0) is 79.2 Å². The fourth-order valence-corrected chi connectivity index (χ4v) is 4.47. The normalized spacial score (nSPS) is 10.7. The molecular formula is C38H60ClN3. The van der Waals surface area contributed by atoms with Crippen LogP contribution in [0.25, 0.3) is 30.0 Å². The fourth-order valence-electron chi connectivity index (χ4n) is 4.20. The van der Waals surface area contributed by atoms with Crippen LogP contribution in [0.3, 0.4) is 0 Å². The molecule has 2 aromatic rings. The quantitative estimate of drug-likeness (QED) is 0.119. The molecule has 0 aliphatic rings. The molecule has 42 heavy (non-hydrogen) atoms. The van der Waals surface area contributed by atoms with Gasteiger partial charge in [0.25, 0.3) is 0 Å². The second-order valence-corrected chi connectivity index (χ2v) is 11.2. The Morgan fingerprint density at radius 1 is 0.810 bits per heavy atom. The Morgan fingerprint density at radius 3 is 1.95 bits per heavy atom. The van der Waals surface area contributed by atoms with Gasteiger partial charge in [-0.25, -0.2) is 0 Å². The van der Waals surface area contributed by atoms with Gasteiger partial charge in [0.05, 0.1) is 5.02 Å². The number of hydrogen-bond acceptors (Lipinski definition) is 3. The third-order valence-electron chi connectivity index (χ3n) is 7.09. The van der Waals surface area contributed by atoms with Gasteiger partial charge in [-0.2, -0.15) is 0 Å². The molecular weight excluding hydrogens is 534 g/mol. The molecule has 2 aromatic carbocycles. The summed E-state index contributed by atoms with van der Waals surface area (Å²) in [6.45, 7) is 31.4. The van der Waals surface area contributed by atoms with E-state index in [0.29, 0.717) is 5.02 Å². The van der Waals surface area contributed by atoms with Gasteiger partial charge in [-0.1, -0.05) is 133 Å². The van der Waals surface area contributed by atoms with Crippen molar-refractivity contribution >= 4 is 41.6 Å². The zero-order chi connectivity index (χ0) is 31.8. The Balaban J connectivity index is 0.000000663. The molecule has 0 fully saturated rings. The molecule has 2 rings (SSSR count). The zero-order valence-electron chi connectivity index (χ0n) is 27.6. The van der Waals surface area contributed by atoms with Crippen molar-refractivity contribution in [1.82, 2.24) is 16.0 Å². The molecule has 0 unspecified atom stereocenters. The topological polar surface area (TPSA) is 36.1 Å². The molecule has 0 spiro atoms. The van der Waals surface area contributed by atoms with Crippen LogP contribution in [-0.4, -0.2) is 26.7 Å². The average molecular weight is 594 g/mol. The van der Waals surface area contributed by atoms with Crippen molar-refractivity contribution in [2.75, 3.05) is 26.7 Å². The number of fused-ring (bicyclic) bond motifs is 1. The number of nitrogens with one attached hydrogen (secondary N) is 3. The van der Waals surface area contributed by atoms with Gasteiger partial charge in [-0.3, -0.25) is 0 Å². The lowest BCUT2D eigenvalue weighted by atomic mass is 9.99. The standard InChI is InChI=1S/C18H17Cl.C15H31N.C5H12N2/c1-11(2)12(3)10-17-13(4)15-8-6-7-9-16(15)14(5)18(17)19;1-4-6-8-9-10-12-14-16-15(3)13-11-7-5-2;1-3-7-5-4-6-2/h6-10H,1,4-5H2,2-3H3;16H,3-14H2,1-2H3;3,6-7H,1,4-5H2,2H3/b12-10+;;. The fraction of sp³-hybridized carbons (Fsp3) is 0.474. The molecule has 0 saturated carbocycles. The minimum Gasteiger partial charge on any atom is -0.390 e. The van der Waals surface area contributed by atoms with E-state index >= 15 is 0 Å². The molecule has 3 nitrogen and oxygen atoms in total. The maximum absolute atomic E-state index is 6.45. The third-order valence-corrected chi connectivity index (χ3v) is 7.52. The van der Waals surface area contributed by atoms with Crippen molar-refractivity contribution in [1.29, 1.82) is 0 Å². The van der Waals surface area contributed by atoms with Crippen molar-refractivity contribution in [2.24, 2.45) is 0 Å². The predicted molar refractivity (Wildman–Crippen MR) is 195 cm³/mol. The van der Waals surface area contributed by atoms with Crippen LogP contribution in [0.2, 0.25) is 5.02 Å². The van der Waals surface area contributed by atoms with Crippen LogP contribution in [0.4, 0.5) is 0 Å². The Bertz CT molecular complexity index is 1200. The van der Waals surface area contributed by atoms with E-state index < -0.39 is 0 Å². The SMILES string of the molecule is C=C(C)/C(C)=C/c1c(Cl)c(=C)c2ccccc2c1=C.C=C(CCCCC)NCCCCCCCC.C=CNCCNC. The zero-order valence-corrected chi connectivity index (χ0v) is 28.3. The van der Waals surface area contributed by atoms with Gasteiger partial charge in [0.1, 0.15) is 0 Å². The largest absolute Gasteiger partial charge is 0.390 e. The van der Waals surface area contributed by atoms with Crippen molar-refractivity contribution in [3.8, 4) is 0 Å². The molecule has 3 N–H and O–H groups in total. The van der Waals surface area contributed by atoms with E-state index in [1.807, 2.05) is 45.2 Å². The molecule has 0 bridgehead atoms. The highest BCUT2D eigenvalue weighted by molar-refractivity contribution is 6.33. The van der Waals surface area contributed by atoms with Crippen LogP contribution >= 0.6 is 11.6 Å². The summed E-state index contributed by atoms with van der Waals surface area (Å²) in [6.07, 6.45) is 17.0. The summed E-state index contributed by atoms with van der Waals surface area (Å²) in [4.78, 5) is 0. The minimum atomic E-state index is 0.671. The van der Waals surface area contributed by atoms with E-state index in [4.69, 9.17) is 11.6 Å². The number of benzene rings is 2. The summed E-state index contributed by atoms with van der Waals surface area (Å²) in [5, 5.41) is 14.0. The first-order valence-electron chi connectivity index (χ1n) is 15.8. The first-order chi connectivity index (χ1) is 20.2. The molecule has 4 heteroatoms. The Morgan fingerprint density at radius 2 is 1.38 bits per heavy atom. The van der Waals surface area contributed by atoms with Gasteiger partial charge in [0.2, 0.25) is 0 Å². The number of hydrogen-bond donors (Lipinski definition) is 3. The molecule has 234 valence electrons. The highest BCUT2D eigenvalue weighted by atomic mass is 35.5. The Kier molecular flexibility index (Phi) is 23.2. The van der Waals surface area contributed by atoms with Crippen LogP contribution in [-0.2, 0) is 0 Å². The predicted octanol–water partition coefficient (Wildman–Crippen LogP) is 9.26. The number of unbranched alkanes of at least 4 members (excludes halogenated alkanes) is 7. The Hall–Kier alpha value is -2.75. The third kappa shape index (κ3) is 16.6. The van der Waals surface area contributed by atoms with Crippen LogP contribution in [0, 0.1) is 0 Å². The Labute approximate surface area is 263 Å². The molecule has 0 aromatic heterocycles. The van der Waals surface area contributed by atoms with Crippen LogP contribution in [0.1, 0.15) is 97.5 Å². The summed E-state index contributed by atoms with van der Waals surface area (Å²) in [6, 6.07) is 8.07. The van der Waals surface area contributed by atoms with Crippen molar-refractivity contribution < 1.29 is 0 Å². The highest BCUT2D eigenvalue weighted by Crippen LogP contribution is 2.18. The summed E-state index contributed by atoms with van der Waals surface area (Å²) in [5.41, 5.74) is 4.29. The van der Waals surface area contributed by atoms with Gasteiger partial charge < -0.3 is 16.0 Å². The van der Waals surface area contributed by atoms with Crippen molar-refractivity contribution in [3.05, 3.63) is 88.1 Å². The molecule has 0 saturated heterocycles. The lowest BCUT2D eigenvalue weighted by Crippen LogP contribution is -2.20. The van der Waals surface area contributed by atoms with Gasteiger partial charge >= 0.3 is 0 Å². The van der Waals surface area contributed by atoms with Crippen molar-refractivity contribution in [2.45, 2.75) is 91.9 Å². The molecule has 0 aliphatic heterocycles. The second kappa shape index (κ2) is 24.8. The molecule has 0 amide bonds. The van der Waals surface area contributed by atoms with Gasteiger partial charge in [0.15, 0.2) is 0 Å². The highest BCUT2D eigenvalue weighted by Gasteiger charge is 2.07. The van der Waals surface area contributed by atoms with E-state index in [-0.39, 0.29) is 0 Å². The molecule has 0 radical (unpaired) electrons. The van der Waals surface area contributed by atoms with E-state index in [1.165, 1.54) is 63.5 Å². The summed E-state index contributed by atoms with van der Waals surface area (Å²) in [7, 11) is 1.92. The summed E-state index contributed by atoms with van der Waals surface area (Å²) < 4.78 is 0. The number of likely N-dealkylation sites (N-methyl/N-ethyl adjacent to an activating group) is 1. The number of rotatable bonds is 18. The monoisotopic (exact) mass is 593 g/mol. The summed E-state index contributed by atoms with van der Waals surface area (Å²) in [5.74, 6) is 0. The molecule has 0 heterocycles. The van der Waals surface area contributed by atoms with E-state index in [2.05, 4.69) is 68.8 Å². The maximum atomic E-state index is 6.45. The first kappa shape index (κ1) is 39.2. The van der Waals surface area contributed by atoms with E-state index in [1.54, 1.807) is 6.20 Å². The van der Waals surface area contributed by atoms with Crippen LogP contribution in [0.15, 0.2) is 67.0 Å². The van der Waals surface area contributed by atoms with E-state index in [9.17, 15) is 0 Å². The van der Waals surface area contributed by atoms with Gasteiger partial charge in [-0.15, -0.1) is 0 Å². The first-order valence-corrected chi connectivity index (χ1v) is 16.2. The number of halogens is 1. The van der Waals surface area contributed by atoms with Crippen LogP contribution < -0.4 is 26.4 Å². The summed E-state index contributed by atoms with van der Waals surface area (Å²) >= 11 is 6.45. The van der Waals surface area contributed by atoms with Crippen molar-refractivity contribution in [3.63, 3.8) is 0 Å². The minimum absolute atomic E-state index is 0.671. The van der Waals surface area contributed by atoms with E-state index in [0.717, 1.165) is 64.0 Å². The lowest BCUT2D eigenvalue weighted by Gasteiger charge is -2.09. The molecule has 0 atom stereocenters. The van der Waals surface area contributed by atoms with Gasteiger partial charge in [0, 0.05) is 30.9 Å². The maximum Gasteiger partial charge on any atom is 0.0557 e. The number of allylic oxidation sites excluding steroid dienone is 3.